The summed E-state index contributed by atoms with van der Waals surface area (Å²) in [4.78, 5) is 27.2. The number of benzene rings is 3. The number of aliphatic hydroxyl groups is 1. The summed E-state index contributed by atoms with van der Waals surface area (Å²) in [6.45, 7) is 4.06. The first-order valence-corrected chi connectivity index (χ1v) is 12.6. The van der Waals surface area contributed by atoms with Crippen LogP contribution in [0.15, 0.2) is 82.0 Å². The molecule has 0 aliphatic carbocycles. The van der Waals surface area contributed by atoms with E-state index >= 15 is 0 Å². The van der Waals surface area contributed by atoms with Gasteiger partial charge in [0.15, 0.2) is 5.58 Å². The molecule has 5 rings (SSSR count). The number of rotatable bonds is 8. The highest BCUT2D eigenvalue weighted by Crippen LogP contribution is 2.27. The molecular formula is C29H31N3O5. The number of fused-ring (bicyclic) bond motifs is 1. The number of carbonyl (C=O) groups is 1. The molecule has 0 spiro atoms. The van der Waals surface area contributed by atoms with Crippen molar-refractivity contribution >= 4 is 22.7 Å². The molecule has 1 saturated heterocycles. The van der Waals surface area contributed by atoms with Crippen LogP contribution in [-0.4, -0.2) is 52.8 Å². The first-order chi connectivity index (χ1) is 18.0. The lowest BCUT2D eigenvalue weighted by molar-refractivity contribution is 0.0559. The third-order valence-corrected chi connectivity index (χ3v) is 6.79. The number of amides is 1. The zero-order valence-corrected chi connectivity index (χ0v) is 20.8. The van der Waals surface area contributed by atoms with Gasteiger partial charge in [0.05, 0.1) is 11.2 Å². The molecule has 0 saturated carbocycles. The van der Waals surface area contributed by atoms with Crippen molar-refractivity contribution in [1.29, 1.82) is 0 Å². The number of anilines is 1. The van der Waals surface area contributed by atoms with Gasteiger partial charge in [-0.3, -0.25) is 9.36 Å². The quantitative estimate of drug-likeness (QED) is 0.375. The lowest BCUT2D eigenvalue weighted by atomic mass is 10.0. The van der Waals surface area contributed by atoms with Crippen LogP contribution in [0.3, 0.4) is 0 Å². The molecule has 1 aromatic heterocycles. The molecule has 2 heterocycles. The van der Waals surface area contributed by atoms with Gasteiger partial charge in [-0.25, -0.2) is 4.79 Å². The molecule has 2 N–H and O–H groups in total. The van der Waals surface area contributed by atoms with Gasteiger partial charge >= 0.3 is 5.76 Å². The maximum Gasteiger partial charge on any atom is 0.420 e. The lowest BCUT2D eigenvalue weighted by Crippen LogP contribution is -2.42. The fourth-order valence-electron chi connectivity index (χ4n) is 4.82. The molecule has 192 valence electrons. The summed E-state index contributed by atoms with van der Waals surface area (Å²) in [6.07, 6.45) is 0.894. The van der Waals surface area contributed by atoms with Gasteiger partial charge < -0.3 is 24.5 Å². The van der Waals surface area contributed by atoms with Gasteiger partial charge in [-0.2, -0.15) is 0 Å². The van der Waals surface area contributed by atoms with Crippen LogP contribution in [0.2, 0.25) is 0 Å². The highest BCUT2D eigenvalue weighted by Gasteiger charge is 2.25. The number of aryl methyl sites for hydroxylation is 1. The van der Waals surface area contributed by atoms with Crippen molar-refractivity contribution in [1.82, 2.24) is 9.47 Å². The van der Waals surface area contributed by atoms with E-state index in [0.717, 1.165) is 37.0 Å². The van der Waals surface area contributed by atoms with Crippen molar-refractivity contribution in [2.45, 2.75) is 31.9 Å². The van der Waals surface area contributed by atoms with E-state index in [1.165, 1.54) is 0 Å². The van der Waals surface area contributed by atoms with E-state index in [-0.39, 0.29) is 24.3 Å². The molecule has 3 aromatic carbocycles. The van der Waals surface area contributed by atoms with Crippen LogP contribution in [0.4, 0.5) is 5.69 Å². The van der Waals surface area contributed by atoms with E-state index in [1.807, 2.05) is 55.5 Å². The number of ether oxygens (including phenoxy) is 1. The molecule has 1 aliphatic rings. The molecule has 0 bridgehead atoms. The number of aromatic nitrogens is 1. The molecule has 4 aromatic rings. The predicted molar refractivity (Wildman–Crippen MR) is 142 cm³/mol. The van der Waals surface area contributed by atoms with Crippen molar-refractivity contribution in [3.8, 4) is 5.75 Å². The summed E-state index contributed by atoms with van der Waals surface area (Å²) in [5, 5.41) is 13.5. The summed E-state index contributed by atoms with van der Waals surface area (Å²) < 4.78 is 13.0. The number of carbonyl (C=O) groups excluding carboxylic acids is 1. The Labute approximate surface area is 215 Å². The van der Waals surface area contributed by atoms with Crippen molar-refractivity contribution in [3.05, 3.63) is 94.5 Å². The van der Waals surface area contributed by atoms with Crippen LogP contribution < -0.4 is 15.8 Å². The highest BCUT2D eigenvalue weighted by molar-refractivity contribution is 6.05. The SMILES string of the molecule is Cc1ccc(C(=O)Nc2ccccc2OCC(O)CN2CCC(n3c(=O)oc4ccccc43)CC2)cc1. The molecule has 1 atom stereocenters. The molecular weight excluding hydrogens is 470 g/mol. The Morgan fingerprint density at radius 1 is 1.05 bits per heavy atom. The molecule has 0 radical (unpaired) electrons. The number of para-hydroxylation sites is 4. The van der Waals surface area contributed by atoms with Gasteiger partial charge in [0.2, 0.25) is 0 Å². The monoisotopic (exact) mass is 501 g/mol. The van der Waals surface area contributed by atoms with Crippen molar-refractivity contribution in [2.24, 2.45) is 0 Å². The third-order valence-electron chi connectivity index (χ3n) is 6.79. The summed E-state index contributed by atoms with van der Waals surface area (Å²) in [5.74, 6) is -0.0304. The van der Waals surface area contributed by atoms with E-state index in [4.69, 9.17) is 9.15 Å². The fourth-order valence-corrected chi connectivity index (χ4v) is 4.82. The second-order valence-corrected chi connectivity index (χ2v) is 9.52. The summed E-state index contributed by atoms with van der Waals surface area (Å²) in [6, 6.07) is 22.1. The maximum absolute atomic E-state index is 12.6. The Balaban J connectivity index is 1.13. The molecule has 1 fully saturated rings. The van der Waals surface area contributed by atoms with Gasteiger partial charge in [0.25, 0.3) is 5.91 Å². The normalized spacial score (nSPS) is 15.5. The molecule has 8 nitrogen and oxygen atoms in total. The second-order valence-electron chi connectivity index (χ2n) is 9.52. The van der Waals surface area contributed by atoms with Crippen LogP contribution in [0.25, 0.3) is 11.1 Å². The minimum atomic E-state index is -0.699. The number of nitrogens with zero attached hydrogens (tertiary/aromatic N) is 2. The first kappa shape index (κ1) is 24.8. The van der Waals surface area contributed by atoms with Crippen LogP contribution in [0.1, 0.15) is 34.8 Å². The Hall–Kier alpha value is -3.88. The van der Waals surface area contributed by atoms with E-state index in [9.17, 15) is 14.7 Å². The topological polar surface area (TPSA) is 96.9 Å². The molecule has 8 heteroatoms. The van der Waals surface area contributed by atoms with Gasteiger partial charge in [0.1, 0.15) is 18.5 Å². The zero-order valence-electron chi connectivity index (χ0n) is 20.8. The predicted octanol–water partition coefficient (Wildman–Crippen LogP) is 4.23. The average Bonchev–Trinajstić information content (AvgIpc) is 3.24. The Bertz CT molecular complexity index is 1420. The van der Waals surface area contributed by atoms with E-state index < -0.39 is 6.10 Å². The third kappa shape index (κ3) is 5.76. The highest BCUT2D eigenvalue weighted by atomic mass is 16.5. The van der Waals surface area contributed by atoms with Crippen LogP contribution >= 0.6 is 0 Å². The Kier molecular flexibility index (Phi) is 7.39. The number of β-amino-alcohol motifs (C(OH)–C–C–N with tert-alkyl or cyclic N) is 1. The summed E-state index contributed by atoms with van der Waals surface area (Å²) >= 11 is 0. The van der Waals surface area contributed by atoms with E-state index in [2.05, 4.69) is 10.2 Å². The van der Waals surface area contributed by atoms with Crippen LogP contribution in [0, 0.1) is 6.92 Å². The van der Waals surface area contributed by atoms with Gasteiger partial charge in [-0.05, 0) is 56.2 Å². The number of likely N-dealkylation sites (tertiary alicyclic amines) is 1. The minimum Gasteiger partial charge on any atom is -0.489 e. The molecule has 1 unspecified atom stereocenters. The summed E-state index contributed by atoms with van der Waals surface area (Å²) in [5.41, 5.74) is 3.64. The van der Waals surface area contributed by atoms with E-state index in [0.29, 0.717) is 29.1 Å². The smallest absolute Gasteiger partial charge is 0.420 e. The zero-order chi connectivity index (χ0) is 25.8. The van der Waals surface area contributed by atoms with Crippen LogP contribution in [-0.2, 0) is 0 Å². The first-order valence-electron chi connectivity index (χ1n) is 12.6. The van der Waals surface area contributed by atoms with Crippen LogP contribution in [0.5, 0.6) is 5.75 Å². The van der Waals surface area contributed by atoms with Crippen molar-refractivity contribution in [3.63, 3.8) is 0 Å². The maximum atomic E-state index is 12.6. The Morgan fingerprint density at radius 2 is 1.76 bits per heavy atom. The largest absolute Gasteiger partial charge is 0.489 e. The van der Waals surface area contributed by atoms with E-state index in [1.54, 1.807) is 28.8 Å². The molecule has 1 amide bonds. The standard InChI is InChI=1S/C29H31N3O5/c1-20-10-12-21(13-11-20)28(34)30-24-6-2-4-8-26(24)36-19-23(33)18-31-16-14-22(15-17-31)32-25-7-3-5-9-27(25)37-29(32)35/h2-13,22-23,33H,14-19H2,1H3,(H,30,34). The number of oxazole rings is 1. The minimum absolute atomic E-state index is 0.0739. The van der Waals surface area contributed by atoms with Crippen molar-refractivity contribution < 1.29 is 19.1 Å². The average molecular weight is 502 g/mol. The summed E-state index contributed by atoms with van der Waals surface area (Å²) in [7, 11) is 0. The number of piperidine rings is 1. The Morgan fingerprint density at radius 3 is 2.54 bits per heavy atom. The second kappa shape index (κ2) is 11.0. The van der Waals surface area contributed by atoms with Gasteiger partial charge in [0, 0.05) is 31.2 Å². The molecule has 1 aliphatic heterocycles. The van der Waals surface area contributed by atoms with Crippen molar-refractivity contribution in [2.75, 3.05) is 31.6 Å². The molecule has 37 heavy (non-hydrogen) atoms. The van der Waals surface area contributed by atoms with Gasteiger partial charge in [-0.1, -0.05) is 42.0 Å². The number of nitrogens with one attached hydrogen (secondary N) is 1. The lowest BCUT2D eigenvalue weighted by Gasteiger charge is -2.33. The number of hydrogen-bond donors (Lipinski definition) is 2. The number of aliphatic hydroxyl groups excluding tert-OH is 1. The number of hydrogen-bond acceptors (Lipinski definition) is 6. The fraction of sp³-hybridized carbons (Fsp3) is 0.310. The van der Waals surface area contributed by atoms with Gasteiger partial charge in [-0.15, -0.1) is 0 Å².